The van der Waals surface area contributed by atoms with E-state index in [1.807, 2.05) is 0 Å². The van der Waals surface area contributed by atoms with Crippen molar-refractivity contribution in [1.29, 1.82) is 0 Å². The molecule has 19 heavy (non-hydrogen) atoms. The van der Waals surface area contributed by atoms with Crippen molar-refractivity contribution in [3.8, 4) is 0 Å². The number of allylic oxidation sites excluding steroid dienone is 2. The van der Waals surface area contributed by atoms with E-state index >= 15 is 0 Å². The third kappa shape index (κ3) is 2.01. The molecular weight excluding hydrogens is 249 g/mol. The smallest absolute Gasteiger partial charge is 0.112 e. The molecule has 2 aromatic rings. The van der Waals surface area contributed by atoms with Gasteiger partial charge >= 0.3 is 0 Å². The fourth-order valence-corrected chi connectivity index (χ4v) is 3.07. The Morgan fingerprint density at radius 1 is 0.737 bits per heavy atom. The van der Waals surface area contributed by atoms with Gasteiger partial charge in [-0.2, -0.15) is 0 Å². The molecule has 0 aliphatic carbocycles. The Bertz CT molecular complexity index is 562. The zero-order valence-electron chi connectivity index (χ0n) is 10.6. The van der Waals surface area contributed by atoms with Crippen molar-refractivity contribution >= 4 is 9.39 Å². The van der Waals surface area contributed by atoms with Crippen LogP contribution in [0.3, 0.4) is 0 Å². The Balaban J connectivity index is 2.23. The van der Waals surface area contributed by atoms with Crippen LogP contribution in [0.15, 0.2) is 85.1 Å². The third-order valence-corrected chi connectivity index (χ3v) is 4.11. The molecule has 2 heteroatoms. The van der Waals surface area contributed by atoms with Gasteiger partial charge in [-0.05, 0) is 32.7 Å². The summed E-state index contributed by atoms with van der Waals surface area (Å²) in [5, 5.41) is 0. The highest BCUT2D eigenvalue weighted by Crippen LogP contribution is 2.41. The Labute approximate surface area is 116 Å². The van der Waals surface area contributed by atoms with E-state index in [2.05, 4.69) is 99.2 Å². The number of rotatable bonds is 2. The van der Waals surface area contributed by atoms with Crippen LogP contribution in [0, 0.1) is 0 Å². The summed E-state index contributed by atoms with van der Waals surface area (Å²) in [7, 11) is 2.82. The van der Waals surface area contributed by atoms with Crippen LogP contribution in [0.4, 0.5) is 0 Å². The first-order valence-corrected chi connectivity index (χ1v) is 6.87. The average Bonchev–Trinajstić information content (AvgIpc) is 2.50. The van der Waals surface area contributed by atoms with Crippen LogP contribution in [-0.2, 0) is 5.54 Å². The summed E-state index contributed by atoms with van der Waals surface area (Å²) in [5.74, 6) is 0. The molecule has 0 amide bonds. The quantitative estimate of drug-likeness (QED) is 0.739. The summed E-state index contributed by atoms with van der Waals surface area (Å²) < 4.78 is 2.18. The zero-order valence-corrected chi connectivity index (χ0v) is 11.8. The van der Waals surface area contributed by atoms with E-state index in [4.69, 9.17) is 0 Å². The Hall–Kier alpha value is -1.85. The SMILES string of the molecule is PN1C=CC=CC1(c1ccccc1)c1ccccc1. The lowest BCUT2D eigenvalue weighted by Crippen LogP contribution is -2.37. The minimum absolute atomic E-state index is 0.248. The molecular formula is C17H16NP. The van der Waals surface area contributed by atoms with Crippen molar-refractivity contribution in [1.82, 2.24) is 4.67 Å². The maximum absolute atomic E-state index is 2.82. The molecule has 0 aromatic heterocycles. The second-order valence-electron chi connectivity index (χ2n) is 4.61. The maximum Gasteiger partial charge on any atom is 0.112 e. The van der Waals surface area contributed by atoms with Crippen molar-refractivity contribution in [2.24, 2.45) is 0 Å². The van der Waals surface area contributed by atoms with E-state index in [0.29, 0.717) is 0 Å². The third-order valence-electron chi connectivity index (χ3n) is 3.53. The monoisotopic (exact) mass is 265 g/mol. The first kappa shape index (κ1) is 12.2. The van der Waals surface area contributed by atoms with Crippen LogP contribution in [-0.4, -0.2) is 4.67 Å². The first-order valence-electron chi connectivity index (χ1n) is 6.35. The molecule has 0 fully saturated rings. The van der Waals surface area contributed by atoms with Gasteiger partial charge in [-0.3, -0.25) is 0 Å². The molecule has 0 saturated carbocycles. The molecule has 3 rings (SSSR count). The molecule has 1 aliphatic rings. The molecule has 0 spiro atoms. The lowest BCUT2D eigenvalue weighted by atomic mass is 9.81. The van der Waals surface area contributed by atoms with Crippen LogP contribution in [0.5, 0.6) is 0 Å². The van der Waals surface area contributed by atoms with Crippen molar-refractivity contribution in [3.63, 3.8) is 0 Å². The summed E-state index contributed by atoms with van der Waals surface area (Å²) in [6.45, 7) is 0. The van der Waals surface area contributed by atoms with Crippen molar-refractivity contribution in [2.45, 2.75) is 5.54 Å². The minimum Gasteiger partial charge on any atom is -0.345 e. The van der Waals surface area contributed by atoms with Gasteiger partial charge in [-0.25, -0.2) is 0 Å². The van der Waals surface area contributed by atoms with E-state index in [0.717, 1.165) is 0 Å². The topological polar surface area (TPSA) is 3.24 Å². The van der Waals surface area contributed by atoms with Gasteiger partial charge in [0.05, 0.1) is 0 Å². The van der Waals surface area contributed by atoms with Gasteiger partial charge in [-0.15, -0.1) is 0 Å². The van der Waals surface area contributed by atoms with E-state index in [-0.39, 0.29) is 5.54 Å². The van der Waals surface area contributed by atoms with Gasteiger partial charge in [0.25, 0.3) is 0 Å². The molecule has 0 saturated heterocycles. The summed E-state index contributed by atoms with van der Waals surface area (Å²) in [5.41, 5.74) is 2.27. The van der Waals surface area contributed by atoms with Gasteiger partial charge in [-0.1, -0.05) is 66.7 Å². The highest BCUT2D eigenvalue weighted by atomic mass is 31.0. The second kappa shape index (κ2) is 5.03. The standard InChI is InChI=1S/C17H16NP/c19-18-14-8-7-13-17(18,15-9-3-1-4-10-15)16-11-5-2-6-12-16/h1-14H,19H2. The predicted molar refractivity (Wildman–Crippen MR) is 83.5 cm³/mol. The largest absolute Gasteiger partial charge is 0.345 e. The number of benzene rings is 2. The van der Waals surface area contributed by atoms with E-state index in [9.17, 15) is 0 Å². The lowest BCUT2D eigenvalue weighted by molar-refractivity contribution is 0.400. The van der Waals surface area contributed by atoms with Gasteiger partial charge in [0.15, 0.2) is 0 Å². The highest BCUT2D eigenvalue weighted by Gasteiger charge is 2.35. The molecule has 0 bridgehead atoms. The highest BCUT2D eigenvalue weighted by molar-refractivity contribution is 7.13. The summed E-state index contributed by atoms with van der Waals surface area (Å²) in [6.07, 6.45) is 8.49. The van der Waals surface area contributed by atoms with Gasteiger partial charge in [0, 0.05) is 6.20 Å². The lowest BCUT2D eigenvalue weighted by Gasteiger charge is -2.41. The first-order chi connectivity index (χ1) is 9.34. The normalized spacial score (nSPS) is 16.6. The minimum atomic E-state index is -0.248. The molecule has 1 heterocycles. The fraction of sp³-hybridized carbons (Fsp3) is 0.0588. The van der Waals surface area contributed by atoms with Gasteiger partial charge in [0.1, 0.15) is 5.54 Å². The molecule has 94 valence electrons. The Morgan fingerprint density at radius 2 is 1.26 bits per heavy atom. The van der Waals surface area contributed by atoms with Crippen molar-refractivity contribution in [2.75, 3.05) is 0 Å². The molecule has 1 unspecified atom stereocenters. The molecule has 1 nitrogen and oxygen atoms in total. The molecule has 2 aromatic carbocycles. The van der Waals surface area contributed by atoms with Gasteiger partial charge in [0.2, 0.25) is 0 Å². The number of hydrogen-bond donors (Lipinski definition) is 0. The predicted octanol–water partition coefficient (Wildman–Crippen LogP) is 4.11. The van der Waals surface area contributed by atoms with Crippen LogP contribution in [0.2, 0.25) is 0 Å². The van der Waals surface area contributed by atoms with Crippen LogP contribution < -0.4 is 0 Å². The average molecular weight is 265 g/mol. The molecule has 1 aliphatic heterocycles. The summed E-state index contributed by atoms with van der Waals surface area (Å²) >= 11 is 0. The van der Waals surface area contributed by atoms with Crippen molar-refractivity contribution < 1.29 is 0 Å². The van der Waals surface area contributed by atoms with Crippen LogP contribution in [0.25, 0.3) is 0 Å². The van der Waals surface area contributed by atoms with Crippen LogP contribution in [0.1, 0.15) is 11.1 Å². The molecule has 1 atom stereocenters. The molecule has 0 radical (unpaired) electrons. The van der Waals surface area contributed by atoms with Crippen LogP contribution >= 0.6 is 9.39 Å². The Morgan fingerprint density at radius 3 is 1.74 bits per heavy atom. The number of nitrogens with zero attached hydrogens (tertiary/aromatic N) is 1. The fourth-order valence-electron chi connectivity index (χ4n) is 2.58. The van der Waals surface area contributed by atoms with E-state index in [1.54, 1.807) is 0 Å². The number of hydrogen-bond acceptors (Lipinski definition) is 1. The van der Waals surface area contributed by atoms with Crippen molar-refractivity contribution in [3.05, 3.63) is 96.2 Å². The maximum atomic E-state index is 2.82. The Kier molecular flexibility index (Phi) is 3.23. The van der Waals surface area contributed by atoms with E-state index in [1.165, 1.54) is 11.1 Å². The summed E-state index contributed by atoms with van der Waals surface area (Å²) in [6, 6.07) is 21.2. The second-order valence-corrected chi connectivity index (χ2v) is 5.16. The zero-order chi connectivity index (χ0) is 13.1. The molecule has 0 N–H and O–H groups in total. The summed E-state index contributed by atoms with van der Waals surface area (Å²) in [4.78, 5) is 0. The van der Waals surface area contributed by atoms with Gasteiger partial charge < -0.3 is 4.67 Å². The van der Waals surface area contributed by atoms with E-state index < -0.39 is 0 Å².